The molecule has 0 aliphatic carbocycles. The number of nitrogens with zero attached hydrogens (tertiary/aromatic N) is 2. The van der Waals surface area contributed by atoms with Crippen molar-refractivity contribution in [2.24, 2.45) is 0 Å². The van der Waals surface area contributed by atoms with Gasteiger partial charge in [-0.05, 0) is 36.2 Å². The van der Waals surface area contributed by atoms with Crippen molar-refractivity contribution in [1.82, 2.24) is 9.80 Å². The third kappa shape index (κ3) is 7.56. The Bertz CT molecular complexity index is 772. The molecule has 0 radical (unpaired) electrons. The zero-order valence-electron chi connectivity index (χ0n) is 17.0. The van der Waals surface area contributed by atoms with Crippen LogP contribution in [0.2, 0.25) is 0 Å². The van der Waals surface area contributed by atoms with Crippen molar-refractivity contribution in [1.29, 1.82) is 0 Å². The Balaban J connectivity index is 2.09. The van der Waals surface area contributed by atoms with Gasteiger partial charge in [-0.25, -0.2) is 4.39 Å². The van der Waals surface area contributed by atoms with E-state index in [4.69, 9.17) is 4.42 Å². The predicted molar refractivity (Wildman–Crippen MR) is 110 cm³/mol. The molecule has 0 aliphatic rings. The van der Waals surface area contributed by atoms with Gasteiger partial charge in [-0.15, -0.1) is 6.58 Å². The maximum absolute atomic E-state index is 13.2. The molecule has 0 saturated heterocycles. The molecule has 0 saturated carbocycles. The molecule has 0 aliphatic heterocycles. The maximum Gasteiger partial charge on any atom is 0.242 e. The molecule has 6 heteroatoms. The molecule has 2 rings (SSSR count). The number of carbonyl (C=O) groups excluding carboxylic acids is 2. The van der Waals surface area contributed by atoms with E-state index < -0.39 is 0 Å². The van der Waals surface area contributed by atoms with Crippen LogP contribution >= 0.6 is 0 Å². The summed E-state index contributed by atoms with van der Waals surface area (Å²) in [5, 5.41) is 0. The van der Waals surface area contributed by atoms with Crippen LogP contribution < -0.4 is 0 Å². The van der Waals surface area contributed by atoms with E-state index in [1.54, 1.807) is 41.5 Å². The fourth-order valence-electron chi connectivity index (χ4n) is 2.99. The minimum Gasteiger partial charge on any atom is -0.467 e. The molecule has 5 nitrogen and oxygen atoms in total. The Labute approximate surface area is 171 Å². The molecule has 2 amide bonds. The van der Waals surface area contributed by atoms with E-state index in [-0.39, 0.29) is 30.7 Å². The first-order valence-corrected chi connectivity index (χ1v) is 9.96. The van der Waals surface area contributed by atoms with Crippen LogP contribution in [0.15, 0.2) is 59.7 Å². The van der Waals surface area contributed by atoms with Crippen LogP contribution in [0, 0.1) is 5.82 Å². The highest BCUT2D eigenvalue weighted by Crippen LogP contribution is 2.13. The van der Waals surface area contributed by atoms with Gasteiger partial charge in [0.25, 0.3) is 0 Å². The molecule has 0 spiro atoms. The van der Waals surface area contributed by atoms with Crippen LogP contribution in [0.5, 0.6) is 0 Å². The van der Waals surface area contributed by atoms with E-state index in [0.717, 1.165) is 24.8 Å². The van der Waals surface area contributed by atoms with Crippen LogP contribution in [0.1, 0.15) is 43.9 Å². The topological polar surface area (TPSA) is 53.8 Å². The van der Waals surface area contributed by atoms with E-state index in [0.29, 0.717) is 25.3 Å². The van der Waals surface area contributed by atoms with Crippen molar-refractivity contribution in [2.45, 2.75) is 45.7 Å². The summed E-state index contributed by atoms with van der Waals surface area (Å²) in [7, 11) is 0. The minimum absolute atomic E-state index is 0.0289. The highest BCUT2D eigenvalue weighted by Gasteiger charge is 2.21. The summed E-state index contributed by atoms with van der Waals surface area (Å²) < 4.78 is 18.6. The zero-order valence-corrected chi connectivity index (χ0v) is 17.0. The Morgan fingerprint density at radius 3 is 2.45 bits per heavy atom. The average molecular weight is 400 g/mol. The lowest BCUT2D eigenvalue weighted by molar-refractivity contribution is -0.141. The second-order valence-electron chi connectivity index (χ2n) is 6.98. The Morgan fingerprint density at radius 2 is 1.83 bits per heavy atom. The first-order chi connectivity index (χ1) is 14.0. The third-order valence-corrected chi connectivity index (χ3v) is 4.59. The molecular weight excluding hydrogens is 371 g/mol. The fraction of sp³-hybridized carbons (Fsp3) is 0.391. The number of furan rings is 1. The van der Waals surface area contributed by atoms with E-state index in [9.17, 15) is 14.0 Å². The maximum atomic E-state index is 13.2. The minimum atomic E-state index is -0.326. The van der Waals surface area contributed by atoms with Crippen molar-refractivity contribution in [3.05, 3.63) is 72.5 Å². The molecule has 0 unspecified atom stereocenters. The molecule has 1 aromatic carbocycles. The lowest BCUT2D eigenvalue weighted by Gasteiger charge is -2.27. The number of hydrogen-bond acceptors (Lipinski definition) is 3. The second-order valence-corrected chi connectivity index (χ2v) is 6.98. The largest absolute Gasteiger partial charge is 0.467 e. The zero-order chi connectivity index (χ0) is 21.1. The van der Waals surface area contributed by atoms with Crippen molar-refractivity contribution < 1.29 is 18.4 Å². The molecule has 156 valence electrons. The van der Waals surface area contributed by atoms with Gasteiger partial charge in [-0.3, -0.25) is 9.59 Å². The molecule has 2 aromatic rings. The van der Waals surface area contributed by atoms with Crippen molar-refractivity contribution in [3.63, 3.8) is 0 Å². The smallest absolute Gasteiger partial charge is 0.242 e. The highest BCUT2D eigenvalue weighted by molar-refractivity contribution is 5.85. The van der Waals surface area contributed by atoms with Gasteiger partial charge in [0.1, 0.15) is 18.1 Å². The summed E-state index contributed by atoms with van der Waals surface area (Å²) in [4.78, 5) is 28.7. The summed E-state index contributed by atoms with van der Waals surface area (Å²) in [5.74, 6) is 0.0698. The monoisotopic (exact) mass is 400 g/mol. The predicted octanol–water partition coefficient (Wildman–Crippen LogP) is 4.54. The Kier molecular flexibility index (Phi) is 9.15. The molecule has 0 fully saturated rings. The van der Waals surface area contributed by atoms with E-state index in [1.165, 1.54) is 17.0 Å². The Morgan fingerprint density at radius 1 is 1.07 bits per heavy atom. The molecule has 1 heterocycles. The Hall–Kier alpha value is -2.89. The lowest BCUT2D eigenvalue weighted by atomic mass is 10.2. The summed E-state index contributed by atoms with van der Waals surface area (Å²) in [6, 6.07) is 9.59. The molecule has 0 N–H and O–H groups in total. The van der Waals surface area contributed by atoms with Crippen LogP contribution in [0.25, 0.3) is 0 Å². The quantitative estimate of drug-likeness (QED) is 0.388. The number of carbonyl (C=O) groups is 2. The fourth-order valence-corrected chi connectivity index (χ4v) is 2.99. The first kappa shape index (κ1) is 22.4. The van der Waals surface area contributed by atoms with Gasteiger partial charge in [0.05, 0.1) is 12.8 Å². The number of hydrogen-bond donors (Lipinski definition) is 0. The van der Waals surface area contributed by atoms with Gasteiger partial charge in [0, 0.05) is 19.5 Å². The number of benzene rings is 1. The number of rotatable bonds is 12. The average Bonchev–Trinajstić information content (AvgIpc) is 3.22. The van der Waals surface area contributed by atoms with Crippen molar-refractivity contribution in [3.8, 4) is 0 Å². The number of unbranched alkanes of at least 4 members (excludes halogenated alkanes) is 2. The SMILES string of the molecule is C=CCN(CC(=O)N(Cc1ccc(F)cc1)Cc1ccco1)C(=O)CCCCC. The summed E-state index contributed by atoms with van der Waals surface area (Å²) in [6.07, 6.45) is 6.42. The molecule has 0 atom stereocenters. The highest BCUT2D eigenvalue weighted by atomic mass is 19.1. The lowest BCUT2D eigenvalue weighted by Crippen LogP contribution is -2.42. The first-order valence-electron chi connectivity index (χ1n) is 9.96. The molecule has 0 bridgehead atoms. The number of amides is 2. The van der Waals surface area contributed by atoms with Crippen LogP contribution in [0.4, 0.5) is 4.39 Å². The summed E-state index contributed by atoms with van der Waals surface area (Å²) in [5.41, 5.74) is 0.802. The van der Waals surface area contributed by atoms with Gasteiger partial charge >= 0.3 is 0 Å². The standard InChI is InChI=1S/C23H29FN2O3/c1-3-5-6-9-22(27)25(14-4-2)18-23(28)26(17-21-8-7-15-29-21)16-19-10-12-20(24)13-11-19/h4,7-8,10-13,15H,2-3,5-6,9,14,16-18H2,1H3. The van der Waals surface area contributed by atoms with Gasteiger partial charge < -0.3 is 14.2 Å². The van der Waals surface area contributed by atoms with Crippen molar-refractivity contribution >= 4 is 11.8 Å². The van der Waals surface area contributed by atoms with E-state index in [2.05, 4.69) is 13.5 Å². The molecular formula is C23H29FN2O3. The van der Waals surface area contributed by atoms with Gasteiger partial charge in [0.15, 0.2) is 0 Å². The summed E-state index contributed by atoms with van der Waals surface area (Å²) >= 11 is 0. The summed E-state index contributed by atoms with van der Waals surface area (Å²) in [6.45, 7) is 6.64. The van der Waals surface area contributed by atoms with E-state index >= 15 is 0 Å². The molecule has 29 heavy (non-hydrogen) atoms. The van der Waals surface area contributed by atoms with Crippen molar-refractivity contribution in [2.75, 3.05) is 13.1 Å². The molecule has 1 aromatic heterocycles. The van der Waals surface area contributed by atoms with Crippen LogP contribution in [-0.2, 0) is 22.7 Å². The van der Waals surface area contributed by atoms with Gasteiger partial charge in [0.2, 0.25) is 11.8 Å². The van der Waals surface area contributed by atoms with Crippen LogP contribution in [-0.4, -0.2) is 34.7 Å². The third-order valence-electron chi connectivity index (χ3n) is 4.59. The number of halogens is 1. The normalized spacial score (nSPS) is 10.6. The van der Waals surface area contributed by atoms with Gasteiger partial charge in [-0.1, -0.05) is 38.0 Å². The van der Waals surface area contributed by atoms with E-state index in [1.807, 2.05) is 0 Å². The van der Waals surface area contributed by atoms with Gasteiger partial charge in [-0.2, -0.15) is 0 Å². The second kappa shape index (κ2) is 11.8. The van der Waals surface area contributed by atoms with Crippen LogP contribution in [0.3, 0.4) is 0 Å².